The molecule has 3 heterocycles. The van der Waals surface area contributed by atoms with Crippen molar-refractivity contribution < 1.29 is 14.3 Å². The predicted octanol–water partition coefficient (Wildman–Crippen LogP) is 3.12. The van der Waals surface area contributed by atoms with E-state index in [9.17, 15) is 9.59 Å². The summed E-state index contributed by atoms with van der Waals surface area (Å²) in [6.07, 6.45) is 1.80. The van der Waals surface area contributed by atoms with Gasteiger partial charge in [-0.25, -0.2) is 14.8 Å². The largest absolute Gasteiger partial charge is 0.383 e. The topological polar surface area (TPSA) is 116 Å². The van der Waals surface area contributed by atoms with Gasteiger partial charge in [0, 0.05) is 51.1 Å². The van der Waals surface area contributed by atoms with Crippen LogP contribution in [0, 0.1) is 0 Å². The van der Waals surface area contributed by atoms with Gasteiger partial charge in [-0.15, -0.1) is 0 Å². The smallest absolute Gasteiger partial charge is 0.334 e. The maximum Gasteiger partial charge on any atom is 0.334 e. The summed E-state index contributed by atoms with van der Waals surface area (Å²) in [5, 5.41) is 15.7. The molecule has 3 N–H and O–H groups in total. The number of primary amides is 1. The quantitative estimate of drug-likeness (QED) is 0.628. The van der Waals surface area contributed by atoms with Gasteiger partial charge < -0.3 is 20.7 Å². The highest BCUT2D eigenvalue weighted by Gasteiger charge is 2.44. The van der Waals surface area contributed by atoms with Gasteiger partial charge in [-0.2, -0.15) is 10.2 Å². The Balaban J connectivity index is 1.36. The van der Waals surface area contributed by atoms with E-state index in [1.807, 2.05) is 29.3 Å². The zero-order chi connectivity index (χ0) is 25.5. The summed E-state index contributed by atoms with van der Waals surface area (Å²) >= 11 is 0. The lowest BCUT2D eigenvalue weighted by Crippen LogP contribution is -2.53. The molecule has 0 aromatic heterocycles. The number of amides is 2. The monoisotopic (exact) mass is 501 g/mol. The SMILES string of the molecule is COC[C@H]1CCCN1N(C(N)=O)c1cccc2c1C(=O)C1=C(c3ccc(N4CCNCC4)cc3)N=NC12. The summed E-state index contributed by atoms with van der Waals surface area (Å²) in [6, 6.07) is 12.6. The summed E-state index contributed by atoms with van der Waals surface area (Å²) in [6.45, 7) is 4.99. The van der Waals surface area contributed by atoms with Crippen molar-refractivity contribution in [2.24, 2.45) is 16.0 Å². The fourth-order valence-electron chi connectivity index (χ4n) is 5.95. The van der Waals surface area contributed by atoms with E-state index >= 15 is 0 Å². The zero-order valence-electron chi connectivity index (χ0n) is 20.9. The van der Waals surface area contributed by atoms with Crippen molar-refractivity contribution in [3.63, 3.8) is 0 Å². The number of carbonyl (C=O) groups is 2. The molecule has 2 saturated heterocycles. The molecule has 4 aliphatic rings. The molecular formula is C27H31N7O3. The van der Waals surface area contributed by atoms with Crippen molar-refractivity contribution >= 4 is 28.9 Å². The van der Waals surface area contributed by atoms with Crippen LogP contribution in [0.25, 0.3) is 5.70 Å². The molecule has 2 fully saturated rings. The lowest BCUT2D eigenvalue weighted by molar-refractivity contribution is 0.103. The molecule has 2 atom stereocenters. The first kappa shape index (κ1) is 23.8. The van der Waals surface area contributed by atoms with Crippen molar-refractivity contribution in [1.82, 2.24) is 10.3 Å². The Kier molecular flexibility index (Phi) is 6.23. The number of anilines is 2. The van der Waals surface area contributed by atoms with Crippen LogP contribution in [0.1, 0.15) is 40.4 Å². The molecule has 2 aromatic carbocycles. The van der Waals surface area contributed by atoms with Crippen molar-refractivity contribution in [2.75, 3.05) is 56.3 Å². The first-order chi connectivity index (χ1) is 18.1. The number of ether oxygens (including phenoxy) is 1. The number of nitrogens with two attached hydrogens (primary N) is 1. The van der Waals surface area contributed by atoms with Gasteiger partial charge in [-0.1, -0.05) is 24.3 Å². The molecule has 0 bridgehead atoms. The number of piperazine rings is 1. The van der Waals surface area contributed by atoms with Gasteiger partial charge in [0.1, 0.15) is 11.7 Å². The normalized spacial score (nSPS) is 23.1. The standard InChI is InChI=1S/C27H31N7O3/c1-37-16-19-4-3-13-33(19)34(27(28)36)21-6-2-5-20-22(21)26(35)23-24(30-31-25(20)23)17-7-9-18(10-8-17)32-14-11-29-12-15-32/h2,5-10,19,25,29H,3-4,11-16H2,1H3,(H2,28,36)/t19-,25?/m1/s1. The lowest BCUT2D eigenvalue weighted by atomic mass is 10.0. The van der Waals surface area contributed by atoms with E-state index in [1.54, 1.807) is 13.2 Å². The number of rotatable bonds is 6. The van der Waals surface area contributed by atoms with Crippen molar-refractivity contribution in [1.29, 1.82) is 0 Å². The first-order valence-corrected chi connectivity index (χ1v) is 12.8. The van der Waals surface area contributed by atoms with Crippen LogP contribution in [0.2, 0.25) is 0 Å². The number of hydrogen-bond acceptors (Lipinski definition) is 8. The number of Topliss-reactive ketones (excluding diaryl/α,β-unsaturated/α-hetero) is 1. The van der Waals surface area contributed by atoms with Crippen LogP contribution >= 0.6 is 0 Å². The second-order valence-corrected chi connectivity index (χ2v) is 9.80. The van der Waals surface area contributed by atoms with Gasteiger partial charge >= 0.3 is 6.03 Å². The number of azo groups is 1. The minimum Gasteiger partial charge on any atom is -0.383 e. The summed E-state index contributed by atoms with van der Waals surface area (Å²) in [7, 11) is 1.64. The molecule has 10 nitrogen and oxygen atoms in total. The maximum absolute atomic E-state index is 13.9. The number of methoxy groups -OCH3 is 1. The molecular weight excluding hydrogens is 470 g/mol. The third-order valence-electron chi connectivity index (χ3n) is 7.66. The molecule has 1 aliphatic carbocycles. The van der Waals surface area contributed by atoms with Gasteiger partial charge in [-0.05, 0) is 36.6 Å². The molecule has 6 rings (SSSR count). The molecule has 2 aromatic rings. The number of ketones is 1. The Bertz CT molecular complexity index is 1280. The molecule has 37 heavy (non-hydrogen) atoms. The summed E-state index contributed by atoms with van der Waals surface area (Å²) in [5.41, 5.74) is 10.8. The van der Waals surface area contributed by atoms with E-state index in [2.05, 4.69) is 32.6 Å². The van der Waals surface area contributed by atoms with Gasteiger partial charge in [0.25, 0.3) is 0 Å². The van der Waals surface area contributed by atoms with Crippen molar-refractivity contribution in [2.45, 2.75) is 24.9 Å². The summed E-state index contributed by atoms with van der Waals surface area (Å²) in [5.74, 6) is -0.157. The predicted molar refractivity (Wildman–Crippen MR) is 140 cm³/mol. The molecule has 0 saturated carbocycles. The van der Waals surface area contributed by atoms with Crippen LogP contribution in [0.5, 0.6) is 0 Å². The third-order valence-corrected chi connectivity index (χ3v) is 7.66. The molecule has 10 heteroatoms. The van der Waals surface area contributed by atoms with Crippen LogP contribution < -0.4 is 21.0 Å². The molecule has 1 unspecified atom stereocenters. The first-order valence-electron chi connectivity index (χ1n) is 12.8. The number of nitrogens with one attached hydrogen (secondary N) is 1. The number of hydrazine groups is 1. The van der Waals surface area contributed by atoms with E-state index in [1.165, 1.54) is 5.01 Å². The summed E-state index contributed by atoms with van der Waals surface area (Å²) in [4.78, 5) is 29.0. The highest BCUT2D eigenvalue weighted by molar-refractivity contribution is 6.22. The lowest BCUT2D eigenvalue weighted by Gasteiger charge is -2.35. The van der Waals surface area contributed by atoms with Gasteiger partial charge in [-0.3, -0.25) is 4.79 Å². The van der Waals surface area contributed by atoms with E-state index in [-0.39, 0.29) is 11.8 Å². The Morgan fingerprint density at radius 3 is 2.68 bits per heavy atom. The number of nitrogens with zero attached hydrogens (tertiary/aromatic N) is 5. The molecule has 0 spiro atoms. The highest BCUT2D eigenvalue weighted by atomic mass is 16.5. The maximum atomic E-state index is 13.9. The van der Waals surface area contributed by atoms with Crippen LogP contribution in [0.15, 0.2) is 58.3 Å². The van der Waals surface area contributed by atoms with Crippen LogP contribution in [0.3, 0.4) is 0 Å². The average molecular weight is 502 g/mol. The number of carbonyl (C=O) groups excluding carboxylic acids is 2. The van der Waals surface area contributed by atoms with E-state index in [0.29, 0.717) is 35.7 Å². The molecule has 2 amide bonds. The van der Waals surface area contributed by atoms with Gasteiger partial charge in [0.15, 0.2) is 5.78 Å². The number of hydrogen-bond donors (Lipinski definition) is 2. The van der Waals surface area contributed by atoms with Crippen LogP contribution in [0.4, 0.5) is 16.2 Å². The van der Waals surface area contributed by atoms with E-state index in [4.69, 9.17) is 10.5 Å². The number of fused-ring (bicyclic) bond motifs is 3. The molecule has 192 valence electrons. The second kappa shape index (κ2) is 9.70. The van der Waals surface area contributed by atoms with Crippen molar-refractivity contribution in [3.05, 3.63) is 64.7 Å². The average Bonchev–Trinajstić information content (AvgIpc) is 3.63. The Labute approximate surface area is 215 Å². The Hall–Kier alpha value is -3.60. The van der Waals surface area contributed by atoms with E-state index < -0.39 is 12.1 Å². The number of benzene rings is 2. The highest BCUT2D eigenvalue weighted by Crippen LogP contribution is 2.50. The molecule has 3 aliphatic heterocycles. The fraction of sp³-hybridized carbons (Fsp3) is 0.407. The fourth-order valence-corrected chi connectivity index (χ4v) is 5.95. The summed E-state index contributed by atoms with van der Waals surface area (Å²) < 4.78 is 5.38. The Morgan fingerprint density at radius 1 is 1.16 bits per heavy atom. The van der Waals surface area contributed by atoms with Crippen molar-refractivity contribution in [3.8, 4) is 0 Å². The Morgan fingerprint density at radius 2 is 1.95 bits per heavy atom. The van der Waals surface area contributed by atoms with Gasteiger partial charge in [0.05, 0.1) is 29.5 Å². The minimum atomic E-state index is -0.624. The second-order valence-electron chi connectivity index (χ2n) is 9.80. The number of urea groups is 1. The van der Waals surface area contributed by atoms with Crippen LogP contribution in [-0.2, 0) is 4.74 Å². The minimum absolute atomic E-state index is 0.00743. The third kappa shape index (κ3) is 4.01. The van der Waals surface area contributed by atoms with E-state index in [0.717, 1.165) is 55.8 Å². The van der Waals surface area contributed by atoms with Gasteiger partial charge in [0.2, 0.25) is 0 Å². The molecule has 0 radical (unpaired) electrons. The van der Waals surface area contributed by atoms with Crippen LogP contribution in [-0.4, -0.2) is 69.3 Å². The zero-order valence-corrected chi connectivity index (χ0v) is 20.9.